The SMILES string of the molecule is CCNC(O)C1(c2ccccc2)CC1C(=O)O. The van der Waals surface area contributed by atoms with E-state index < -0.39 is 23.5 Å². The molecule has 1 aromatic carbocycles. The number of likely N-dealkylation sites (N-methyl/N-ethyl adjacent to an activating group) is 1. The fourth-order valence-electron chi connectivity index (χ4n) is 2.49. The maximum Gasteiger partial charge on any atom is 0.307 e. The van der Waals surface area contributed by atoms with E-state index in [9.17, 15) is 9.90 Å². The van der Waals surface area contributed by atoms with Crippen LogP contribution < -0.4 is 5.32 Å². The predicted octanol–water partition coefficient (Wildman–Crippen LogP) is 0.957. The molecule has 92 valence electrons. The molecule has 3 N–H and O–H groups in total. The molecule has 0 saturated heterocycles. The zero-order valence-electron chi connectivity index (χ0n) is 9.76. The van der Waals surface area contributed by atoms with Crippen molar-refractivity contribution in [2.45, 2.75) is 25.0 Å². The van der Waals surface area contributed by atoms with E-state index in [0.717, 1.165) is 5.56 Å². The van der Waals surface area contributed by atoms with Crippen LogP contribution in [0.25, 0.3) is 0 Å². The topological polar surface area (TPSA) is 69.6 Å². The maximum absolute atomic E-state index is 11.1. The zero-order valence-corrected chi connectivity index (χ0v) is 9.76. The van der Waals surface area contributed by atoms with Gasteiger partial charge in [0.15, 0.2) is 0 Å². The van der Waals surface area contributed by atoms with Crippen LogP contribution in [0.15, 0.2) is 30.3 Å². The smallest absolute Gasteiger partial charge is 0.307 e. The number of hydrogen-bond donors (Lipinski definition) is 3. The van der Waals surface area contributed by atoms with Crippen LogP contribution in [0.1, 0.15) is 18.9 Å². The van der Waals surface area contributed by atoms with Crippen LogP contribution in [0.5, 0.6) is 0 Å². The van der Waals surface area contributed by atoms with E-state index in [4.69, 9.17) is 5.11 Å². The van der Waals surface area contributed by atoms with Crippen molar-refractivity contribution in [3.63, 3.8) is 0 Å². The molecule has 1 aromatic rings. The van der Waals surface area contributed by atoms with Crippen LogP contribution in [-0.4, -0.2) is 29.0 Å². The summed E-state index contributed by atoms with van der Waals surface area (Å²) in [6.07, 6.45) is -0.323. The third-order valence-corrected chi connectivity index (χ3v) is 3.50. The van der Waals surface area contributed by atoms with E-state index in [1.54, 1.807) is 0 Å². The van der Waals surface area contributed by atoms with Crippen molar-refractivity contribution >= 4 is 5.97 Å². The van der Waals surface area contributed by atoms with Gasteiger partial charge in [-0.1, -0.05) is 37.3 Å². The molecule has 2 rings (SSSR count). The lowest BCUT2D eigenvalue weighted by Crippen LogP contribution is -2.41. The number of hydrogen-bond acceptors (Lipinski definition) is 3. The molecule has 1 aliphatic rings. The predicted molar refractivity (Wildman–Crippen MR) is 63.5 cm³/mol. The van der Waals surface area contributed by atoms with Gasteiger partial charge < -0.3 is 10.2 Å². The van der Waals surface area contributed by atoms with Crippen molar-refractivity contribution in [2.24, 2.45) is 5.92 Å². The quantitative estimate of drug-likeness (QED) is 0.665. The number of carboxylic acids is 1. The number of carbonyl (C=O) groups is 1. The Hall–Kier alpha value is -1.39. The normalized spacial score (nSPS) is 28.7. The summed E-state index contributed by atoms with van der Waals surface area (Å²) in [7, 11) is 0. The molecule has 0 bridgehead atoms. The molecular formula is C13H17NO3. The van der Waals surface area contributed by atoms with Gasteiger partial charge in [-0.05, 0) is 18.5 Å². The average Bonchev–Trinajstić information content (AvgIpc) is 3.07. The van der Waals surface area contributed by atoms with Gasteiger partial charge in [-0.15, -0.1) is 0 Å². The molecule has 4 heteroatoms. The monoisotopic (exact) mass is 235 g/mol. The molecule has 3 atom stereocenters. The van der Waals surface area contributed by atoms with Crippen molar-refractivity contribution in [3.05, 3.63) is 35.9 Å². The number of rotatable bonds is 5. The molecular weight excluding hydrogens is 218 g/mol. The van der Waals surface area contributed by atoms with Gasteiger partial charge in [0, 0.05) is 5.41 Å². The number of aliphatic hydroxyl groups excluding tert-OH is 1. The highest BCUT2D eigenvalue weighted by atomic mass is 16.4. The largest absolute Gasteiger partial charge is 0.481 e. The fraction of sp³-hybridized carbons (Fsp3) is 0.462. The van der Waals surface area contributed by atoms with E-state index in [1.165, 1.54) is 0 Å². The summed E-state index contributed by atoms with van der Waals surface area (Å²) >= 11 is 0. The van der Waals surface area contributed by atoms with E-state index in [-0.39, 0.29) is 0 Å². The molecule has 3 unspecified atom stereocenters. The summed E-state index contributed by atoms with van der Waals surface area (Å²) < 4.78 is 0. The number of nitrogens with one attached hydrogen (secondary N) is 1. The molecule has 0 radical (unpaired) electrons. The van der Waals surface area contributed by atoms with E-state index in [1.807, 2.05) is 37.3 Å². The third kappa shape index (κ3) is 1.94. The Morgan fingerprint density at radius 1 is 1.53 bits per heavy atom. The van der Waals surface area contributed by atoms with E-state index in [2.05, 4.69) is 5.32 Å². The van der Waals surface area contributed by atoms with Crippen LogP contribution in [0.2, 0.25) is 0 Å². The highest BCUT2D eigenvalue weighted by Gasteiger charge is 2.63. The van der Waals surface area contributed by atoms with Gasteiger partial charge in [0.1, 0.15) is 6.23 Å². The van der Waals surface area contributed by atoms with Gasteiger partial charge in [-0.3, -0.25) is 10.1 Å². The lowest BCUT2D eigenvalue weighted by molar-refractivity contribution is -0.139. The molecule has 1 aliphatic carbocycles. The number of benzene rings is 1. The summed E-state index contributed by atoms with van der Waals surface area (Å²) in [5.41, 5.74) is 0.226. The van der Waals surface area contributed by atoms with Gasteiger partial charge in [-0.25, -0.2) is 0 Å². The average molecular weight is 235 g/mol. The van der Waals surface area contributed by atoms with Gasteiger partial charge >= 0.3 is 5.97 Å². The molecule has 0 heterocycles. The Kier molecular flexibility index (Phi) is 3.17. The molecule has 17 heavy (non-hydrogen) atoms. The Morgan fingerprint density at radius 2 is 2.18 bits per heavy atom. The highest BCUT2D eigenvalue weighted by molar-refractivity contribution is 5.77. The fourth-order valence-corrected chi connectivity index (χ4v) is 2.49. The summed E-state index contributed by atoms with van der Waals surface area (Å²) in [6, 6.07) is 9.38. The number of carboxylic acid groups (broad SMARTS) is 1. The van der Waals surface area contributed by atoms with Crippen LogP contribution in [0, 0.1) is 5.92 Å². The minimum Gasteiger partial charge on any atom is -0.481 e. The maximum atomic E-state index is 11.1. The first-order valence-corrected chi connectivity index (χ1v) is 5.82. The standard InChI is InChI=1S/C13H17NO3/c1-2-14-12(17)13(8-10(13)11(15)16)9-6-4-3-5-7-9/h3-7,10,12,14,17H,2,8H2,1H3,(H,15,16). The van der Waals surface area contributed by atoms with Crippen molar-refractivity contribution in [1.29, 1.82) is 0 Å². The molecule has 0 aliphatic heterocycles. The molecule has 0 amide bonds. The van der Waals surface area contributed by atoms with Crippen molar-refractivity contribution < 1.29 is 15.0 Å². The minimum absolute atomic E-state index is 0.487. The Morgan fingerprint density at radius 3 is 2.65 bits per heavy atom. The van der Waals surface area contributed by atoms with Crippen LogP contribution in [0.4, 0.5) is 0 Å². The highest BCUT2D eigenvalue weighted by Crippen LogP contribution is 2.56. The van der Waals surface area contributed by atoms with Crippen LogP contribution in [0.3, 0.4) is 0 Å². The molecule has 1 saturated carbocycles. The van der Waals surface area contributed by atoms with Crippen LogP contribution >= 0.6 is 0 Å². The van der Waals surface area contributed by atoms with Crippen LogP contribution in [-0.2, 0) is 10.2 Å². The Bertz CT molecular complexity index is 406. The Labute approximate surface area is 100 Å². The van der Waals surface area contributed by atoms with Gasteiger partial charge in [-0.2, -0.15) is 0 Å². The molecule has 1 fully saturated rings. The lowest BCUT2D eigenvalue weighted by Gasteiger charge is -2.24. The number of aliphatic hydroxyl groups is 1. The summed E-state index contributed by atoms with van der Waals surface area (Å²) in [6.45, 7) is 2.50. The first-order chi connectivity index (χ1) is 8.13. The van der Waals surface area contributed by atoms with Crippen molar-refractivity contribution in [3.8, 4) is 0 Å². The molecule has 4 nitrogen and oxygen atoms in total. The van der Waals surface area contributed by atoms with Crippen molar-refractivity contribution in [2.75, 3.05) is 6.54 Å². The summed E-state index contributed by atoms with van der Waals surface area (Å²) in [5, 5.41) is 22.2. The summed E-state index contributed by atoms with van der Waals surface area (Å²) in [4.78, 5) is 11.1. The molecule has 0 spiro atoms. The van der Waals surface area contributed by atoms with Gasteiger partial charge in [0.2, 0.25) is 0 Å². The minimum atomic E-state index is -0.842. The zero-order chi connectivity index (χ0) is 12.5. The Balaban J connectivity index is 2.31. The number of aliphatic carboxylic acids is 1. The second kappa shape index (κ2) is 4.47. The first kappa shape index (κ1) is 12.1. The van der Waals surface area contributed by atoms with E-state index >= 15 is 0 Å². The van der Waals surface area contributed by atoms with Crippen molar-refractivity contribution in [1.82, 2.24) is 5.32 Å². The van der Waals surface area contributed by atoms with Gasteiger partial charge in [0.25, 0.3) is 0 Å². The second-order valence-electron chi connectivity index (χ2n) is 4.46. The van der Waals surface area contributed by atoms with E-state index in [0.29, 0.717) is 13.0 Å². The molecule has 0 aromatic heterocycles. The van der Waals surface area contributed by atoms with Gasteiger partial charge in [0.05, 0.1) is 5.92 Å². The first-order valence-electron chi connectivity index (χ1n) is 5.82. The summed E-state index contributed by atoms with van der Waals surface area (Å²) in [5.74, 6) is -1.34. The third-order valence-electron chi connectivity index (χ3n) is 3.50. The lowest BCUT2D eigenvalue weighted by atomic mass is 9.91. The second-order valence-corrected chi connectivity index (χ2v) is 4.46.